The van der Waals surface area contributed by atoms with E-state index >= 15 is 0 Å². The number of non-ortho nitro benzene ring substituents is 1. The lowest BCUT2D eigenvalue weighted by atomic mass is 9.92. The Bertz CT molecular complexity index is 1160. The van der Waals surface area contributed by atoms with Gasteiger partial charge in [0.25, 0.3) is 11.2 Å². The van der Waals surface area contributed by atoms with Gasteiger partial charge in [-0.25, -0.2) is 0 Å². The molecule has 3 heterocycles. The molecule has 1 saturated heterocycles. The number of benzene rings is 1. The van der Waals surface area contributed by atoms with E-state index < -0.39 is 28.2 Å². The minimum absolute atomic E-state index is 0.0775. The van der Waals surface area contributed by atoms with E-state index in [1.54, 1.807) is 6.92 Å². The number of aromatic nitrogens is 2. The van der Waals surface area contributed by atoms with Gasteiger partial charge in [0.15, 0.2) is 0 Å². The van der Waals surface area contributed by atoms with Crippen molar-refractivity contribution in [2.24, 2.45) is 0 Å². The molecule has 4 rings (SSSR count). The second kappa shape index (κ2) is 8.40. The Morgan fingerprint density at radius 1 is 1.31 bits per heavy atom. The van der Waals surface area contributed by atoms with Gasteiger partial charge >= 0.3 is 0 Å². The number of hydrogen-bond donors (Lipinski definition) is 3. The minimum Gasteiger partial charge on any atom is -0.340 e. The monoisotopic (exact) mass is 440 g/mol. The molecule has 11 heteroatoms. The number of nitro benzene ring substituents is 1. The van der Waals surface area contributed by atoms with Crippen LogP contribution < -0.4 is 21.1 Å². The van der Waals surface area contributed by atoms with Gasteiger partial charge in [0.2, 0.25) is 17.8 Å². The summed E-state index contributed by atoms with van der Waals surface area (Å²) < 4.78 is 0. The van der Waals surface area contributed by atoms with Crippen LogP contribution in [-0.2, 0) is 9.59 Å². The summed E-state index contributed by atoms with van der Waals surface area (Å²) in [6.45, 7) is 4.49. The molecule has 2 atom stereocenters. The predicted molar refractivity (Wildman–Crippen MR) is 118 cm³/mol. The molecule has 2 aliphatic heterocycles. The number of nitrogens with one attached hydrogen (secondary N) is 3. The number of aromatic amines is 1. The summed E-state index contributed by atoms with van der Waals surface area (Å²) in [7, 11) is 0. The number of piperidine rings is 1. The van der Waals surface area contributed by atoms with Gasteiger partial charge in [-0.3, -0.25) is 29.5 Å². The highest BCUT2D eigenvalue weighted by Crippen LogP contribution is 2.32. The maximum absolute atomic E-state index is 13.0. The zero-order valence-electron chi connectivity index (χ0n) is 17.8. The number of amides is 2. The molecule has 1 fully saturated rings. The van der Waals surface area contributed by atoms with Crippen molar-refractivity contribution in [3.8, 4) is 0 Å². The molecule has 0 saturated carbocycles. The number of rotatable bonds is 4. The molecule has 0 unspecified atom stereocenters. The molecular weight excluding hydrogens is 416 g/mol. The molecule has 0 spiro atoms. The highest BCUT2D eigenvalue weighted by molar-refractivity contribution is 6.04. The van der Waals surface area contributed by atoms with Crippen LogP contribution in [0.5, 0.6) is 0 Å². The van der Waals surface area contributed by atoms with Crippen molar-refractivity contribution < 1.29 is 14.5 Å². The molecular formula is C21H24N6O5. The van der Waals surface area contributed by atoms with Crippen molar-refractivity contribution in [3.63, 3.8) is 0 Å². The molecule has 1 aromatic carbocycles. The zero-order chi connectivity index (χ0) is 23.0. The Kier molecular flexibility index (Phi) is 5.64. The summed E-state index contributed by atoms with van der Waals surface area (Å²) in [6, 6.07) is 4.31. The van der Waals surface area contributed by atoms with E-state index in [9.17, 15) is 24.5 Å². The lowest BCUT2D eigenvalue weighted by Gasteiger charge is -2.34. The van der Waals surface area contributed by atoms with Crippen molar-refractivity contribution in [1.82, 2.24) is 9.97 Å². The lowest BCUT2D eigenvalue weighted by molar-refractivity contribution is -0.384. The van der Waals surface area contributed by atoms with Crippen LogP contribution in [-0.4, -0.2) is 39.3 Å². The first kappa shape index (κ1) is 21.5. The van der Waals surface area contributed by atoms with Gasteiger partial charge in [-0.2, -0.15) is 4.98 Å². The van der Waals surface area contributed by atoms with E-state index in [2.05, 4.69) is 27.5 Å². The first-order valence-electron chi connectivity index (χ1n) is 10.5. The molecule has 11 nitrogen and oxygen atoms in total. The number of carbonyl (C=O) groups excluding carboxylic acids is 2. The number of nitrogens with zero attached hydrogens (tertiary/aromatic N) is 3. The molecule has 0 radical (unpaired) electrons. The number of aryl methyl sites for hydroxylation is 1. The normalized spacial score (nSPS) is 20.3. The Morgan fingerprint density at radius 3 is 2.81 bits per heavy atom. The van der Waals surface area contributed by atoms with Crippen LogP contribution in [0.1, 0.15) is 49.7 Å². The molecule has 3 N–H and O–H groups in total. The molecule has 32 heavy (non-hydrogen) atoms. The first-order valence-corrected chi connectivity index (χ1v) is 10.5. The Morgan fingerprint density at radius 2 is 2.09 bits per heavy atom. The van der Waals surface area contributed by atoms with Gasteiger partial charge in [-0.1, -0.05) is 6.07 Å². The maximum atomic E-state index is 13.0. The summed E-state index contributed by atoms with van der Waals surface area (Å²) in [4.78, 5) is 58.1. The molecule has 2 amide bonds. The zero-order valence-corrected chi connectivity index (χ0v) is 17.8. The molecule has 0 bridgehead atoms. The van der Waals surface area contributed by atoms with Crippen LogP contribution in [0.2, 0.25) is 0 Å². The molecule has 168 valence electrons. The van der Waals surface area contributed by atoms with E-state index in [4.69, 9.17) is 0 Å². The summed E-state index contributed by atoms with van der Waals surface area (Å²) in [5.74, 6) is -1.65. The highest BCUT2D eigenvalue weighted by atomic mass is 16.6. The second-order valence-electron chi connectivity index (χ2n) is 8.24. The van der Waals surface area contributed by atoms with Gasteiger partial charge in [0.05, 0.1) is 22.1 Å². The standard InChI is InChI=1S/C21H24N6O5/c1-11-6-7-13(27(31)32)9-15(11)22-19(29)14-10-16(28)23-18-17(14)20(30)25-21(24-18)26-8-4-3-5-12(26)2/h6-7,9,12,14H,3-5,8,10H2,1-2H3,(H,22,29)(H2,23,24,25,28,30)/t12-,14+/m1/s1. The van der Waals surface area contributed by atoms with Crippen molar-refractivity contribution in [2.45, 2.75) is 51.5 Å². The van der Waals surface area contributed by atoms with Crippen LogP contribution in [0.3, 0.4) is 0 Å². The van der Waals surface area contributed by atoms with Gasteiger partial charge in [0, 0.05) is 31.1 Å². The Labute approximate surface area is 183 Å². The minimum atomic E-state index is -1.07. The lowest BCUT2D eigenvalue weighted by Crippen LogP contribution is -2.42. The van der Waals surface area contributed by atoms with E-state index in [1.165, 1.54) is 18.2 Å². The largest absolute Gasteiger partial charge is 0.340 e. The van der Waals surface area contributed by atoms with Crippen LogP contribution in [0.4, 0.5) is 23.1 Å². The highest BCUT2D eigenvalue weighted by Gasteiger charge is 2.36. The number of anilines is 3. The smallest absolute Gasteiger partial charge is 0.271 e. The molecule has 1 aromatic heterocycles. The third-order valence-corrected chi connectivity index (χ3v) is 6.02. The third-order valence-electron chi connectivity index (χ3n) is 6.02. The number of H-pyrrole nitrogens is 1. The third kappa shape index (κ3) is 4.05. The predicted octanol–water partition coefficient (Wildman–Crippen LogP) is 2.43. The Hall–Kier alpha value is -3.76. The van der Waals surface area contributed by atoms with Crippen LogP contribution >= 0.6 is 0 Å². The number of carbonyl (C=O) groups is 2. The summed E-state index contributed by atoms with van der Waals surface area (Å²) in [6.07, 6.45) is 2.83. The van der Waals surface area contributed by atoms with E-state index in [0.717, 1.165) is 25.8 Å². The molecule has 2 aromatic rings. The van der Waals surface area contributed by atoms with E-state index in [1.807, 2.05) is 4.90 Å². The van der Waals surface area contributed by atoms with Crippen molar-refractivity contribution >= 4 is 35.0 Å². The SMILES string of the molecule is Cc1ccc([N+](=O)[O-])cc1NC(=O)[C@H]1CC(=O)Nc2nc(N3CCCC[C@H]3C)[nH]c(=O)c21. The summed E-state index contributed by atoms with van der Waals surface area (Å²) >= 11 is 0. The van der Waals surface area contributed by atoms with Gasteiger partial charge in [0.1, 0.15) is 5.82 Å². The van der Waals surface area contributed by atoms with Gasteiger partial charge < -0.3 is 15.5 Å². The summed E-state index contributed by atoms with van der Waals surface area (Å²) in [5.41, 5.74) is 0.288. The number of fused-ring (bicyclic) bond motifs is 1. The summed E-state index contributed by atoms with van der Waals surface area (Å²) in [5, 5.41) is 16.3. The van der Waals surface area contributed by atoms with Crippen LogP contribution in [0.15, 0.2) is 23.0 Å². The van der Waals surface area contributed by atoms with Crippen molar-refractivity contribution in [1.29, 1.82) is 0 Å². The second-order valence-corrected chi connectivity index (χ2v) is 8.24. The molecule has 0 aliphatic carbocycles. The fourth-order valence-corrected chi connectivity index (χ4v) is 4.21. The number of hydrogen-bond acceptors (Lipinski definition) is 7. The van der Waals surface area contributed by atoms with Gasteiger partial charge in [-0.05, 0) is 38.7 Å². The van der Waals surface area contributed by atoms with Crippen molar-refractivity contribution in [3.05, 3.63) is 49.8 Å². The average Bonchev–Trinajstić information content (AvgIpc) is 2.74. The van der Waals surface area contributed by atoms with Gasteiger partial charge in [-0.15, -0.1) is 0 Å². The topological polar surface area (TPSA) is 150 Å². The van der Waals surface area contributed by atoms with E-state index in [0.29, 0.717) is 11.5 Å². The molecule has 2 aliphatic rings. The fraction of sp³-hybridized carbons (Fsp3) is 0.429. The average molecular weight is 440 g/mol. The Balaban J connectivity index is 1.67. The fourth-order valence-electron chi connectivity index (χ4n) is 4.21. The van der Waals surface area contributed by atoms with Crippen molar-refractivity contribution in [2.75, 3.05) is 22.1 Å². The maximum Gasteiger partial charge on any atom is 0.271 e. The van der Waals surface area contributed by atoms with E-state index in [-0.39, 0.29) is 35.2 Å². The van der Waals surface area contributed by atoms with Crippen LogP contribution in [0, 0.1) is 17.0 Å². The first-order chi connectivity index (χ1) is 15.2. The number of nitro groups is 1. The quantitative estimate of drug-likeness (QED) is 0.488. The van der Waals surface area contributed by atoms with Crippen LogP contribution in [0.25, 0.3) is 0 Å².